The lowest BCUT2D eigenvalue weighted by atomic mass is 9.84. The Hall–Kier alpha value is -1.68. The van der Waals surface area contributed by atoms with Gasteiger partial charge in [-0.25, -0.2) is 0 Å². The Labute approximate surface area is 126 Å². The Morgan fingerprint density at radius 1 is 1.05 bits per heavy atom. The Bertz CT molecular complexity index is 534. The number of benzene rings is 1. The zero-order chi connectivity index (χ0) is 15.1. The minimum Gasteiger partial charge on any atom is -0.339 e. The number of nitrogens with zero attached hydrogens (tertiary/aromatic N) is 2. The van der Waals surface area contributed by atoms with Gasteiger partial charge in [-0.3, -0.25) is 0 Å². The molecule has 114 valence electrons. The van der Waals surface area contributed by atoms with Gasteiger partial charge in [-0.2, -0.15) is 4.98 Å². The third-order valence-electron chi connectivity index (χ3n) is 3.87. The maximum absolute atomic E-state index is 5.49. The number of nitrogens with two attached hydrogens (primary N) is 1. The maximum Gasteiger partial charge on any atom is 0.226 e. The molecular formula is C17H25N3O. The molecule has 21 heavy (non-hydrogen) atoms. The predicted octanol–water partition coefficient (Wildman–Crippen LogP) is 3.46. The summed E-state index contributed by atoms with van der Waals surface area (Å²) in [6, 6.07) is 10.3. The number of aryl methyl sites for hydroxylation is 1. The molecule has 0 spiro atoms. The van der Waals surface area contributed by atoms with E-state index in [2.05, 4.69) is 36.1 Å². The van der Waals surface area contributed by atoms with Gasteiger partial charge in [0.25, 0.3) is 0 Å². The Morgan fingerprint density at radius 3 is 2.48 bits per heavy atom. The van der Waals surface area contributed by atoms with Crippen molar-refractivity contribution in [1.29, 1.82) is 0 Å². The molecule has 0 saturated carbocycles. The molecule has 0 unspecified atom stereocenters. The SMILES string of the molecule is CC(C)(c1ccccc1)c1noc(CCCCCCN)n1. The normalized spacial score (nSPS) is 11.8. The maximum atomic E-state index is 5.49. The van der Waals surface area contributed by atoms with E-state index in [1.807, 2.05) is 18.2 Å². The molecule has 2 rings (SSSR count). The van der Waals surface area contributed by atoms with Gasteiger partial charge in [-0.15, -0.1) is 0 Å². The van der Waals surface area contributed by atoms with E-state index in [-0.39, 0.29) is 5.41 Å². The van der Waals surface area contributed by atoms with Crippen LogP contribution in [0.15, 0.2) is 34.9 Å². The van der Waals surface area contributed by atoms with E-state index >= 15 is 0 Å². The third kappa shape index (κ3) is 4.14. The minimum atomic E-state index is -0.234. The van der Waals surface area contributed by atoms with E-state index in [1.54, 1.807) is 0 Å². The number of unbranched alkanes of at least 4 members (excludes halogenated alkanes) is 3. The van der Waals surface area contributed by atoms with Crippen molar-refractivity contribution in [2.45, 2.75) is 51.4 Å². The molecule has 0 aliphatic carbocycles. The van der Waals surface area contributed by atoms with Gasteiger partial charge in [0.2, 0.25) is 5.89 Å². The summed E-state index contributed by atoms with van der Waals surface area (Å²) in [5.41, 5.74) is 6.45. The highest BCUT2D eigenvalue weighted by atomic mass is 16.5. The van der Waals surface area contributed by atoms with Crippen molar-refractivity contribution in [3.05, 3.63) is 47.6 Å². The second kappa shape index (κ2) is 7.36. The van der Waals surface area contributed by atoms with Crippen LogP contribution in [0.1, 0.15) is 56.8 Å². The standard InChI is InChI=1S/C17H25N3O/c1-17(2,14-10-6-5-7-11-14)16-19-15(21-20-16)12-8-3-4-9-13-18/h5-7,10-11H,3-4,8-9,12-13,18H2,1-2H3. The van der Waals surface area contributed by atoms with Crippen molar-refractivity contribution in [2.75, 3.05) is 6.54 Å². The van der Waals surface area contributed by atoms with Crippen LogP contribution in [0.2, 0.25) is 0 Å². The van der Waals surface area contributed by atoms with Crippen LogP contribution in [0, 0.1) is 0 Å². The topological polar surface area (TPSA) is 64.9 Å². The monoisotopic (exact) mass is 287 g/mol. The molecule has 1 heterocycles. The highest BCUT2D eigenvalue weighted by molar-refractivity contribution is 5.30. The summed E-state index contributed by atoms with van der Waals surface area (Å²) in [5, 5.41) is 4.17. The minimum absolute atomic E-state index is 0.234. The van der Waals surface area contributed by atoms with Gasteiger partial charge < -0.3 is 10.3 Å². The van der Waals surface area contributed by atoms with E-state index in [4.69, 9.17) is 10.3 Å². The molecule has 0 saturated heterocycles. The van der Waals surface area contributed by atoms with E-state index in [1.165, 1.54) is 12.0 Å². The Balaban J connectivity index is 1.96. The molecule has 1 aromatic heterocycles. The average molecular weight is 287 g/mol. The van der Waals surface area contributed by atoms with Gasteiger partial charge >= 0.3 is 0 Å². The van der Waals surface area contributed by atoms with E-state index in [0.717, 1.165) is 43.9 Å². The quantitative estimate of drug-likeness (QED) is 0.755. The molecule has 0 amide bonds. The summed E-state index contributed by atoms with van der Waals surface area (Å²) < 4.78 is 5.39. The molecule has 1 aromatic carbocycles. The Morgan fingerprint density at radius 2 is 1.76 bits per heavy atom. The summed E-state index contributed by atoms with van der Waals surface area (Å²) >= 11 is 0. The van der Waals surface area contributed by atoms with Gasteiger partial charge in [0.1, 0.15) is 0 Å². The fourth-order valence-corrected chi connectivity index (χ4v) is 2.37. The van der Waals surface area contributed by atoms with Gasteiger partial charge in [0.05, 0.1) is 5.41 Å². The van der Waals surface area contributed by atoms with Crippen LogP contribution in [0.25, 0.3) is 0 Å². The van der Waals surface area contributed by atoms with E-state index < -0.39 is 0 Å². The Kier molecular flexibility index (Phi) is 5.51. The zero-order valence-corrected chi connectivity index (χ0v) is 13.0. The highest BCUT2D eigenvalue weighted by Gasteiger charge is 2.28. The molecule has 0 radical (unpaired) electrons. The molecule has 0 aliphatic heterocycles. The molecule has 0 fully saturated rings. The summed E-state index contributed by atoms with van der Waals surface area (Å²) in [5.74, 6) is 1.49. The first kappa shape index (κ1) is 15.7. The molecular weight excluding hydrogens is 262 g/mol. The predicted molar refractivity (Wildman–Crippen MR) is 84.1 cm³/mol. The first-order valence-corrected chi connectivity index (χ1v) is 7.73. The van der Waals surface area contributed by atoms with Crippen molar-refractivity contribution in [2.24, 2.45) is 5.73 Å². The number of aromatic nitrogens is 2. The first-order valence-electron chi connectivity index (χ1n) is 7.73. The number of hydrogen-bond donors (Lipinski definition) is 1. The first-order chi connectivity index (χ1) is 10.1. The fraction of sp³-hybridized carbons (Fsp3) is 0.529. The summed E-state index contributed by atoms with van der Waals surface area (Å²) in [6.07, 6.45) is 5.36. The molecule has 2 N–H and O–H groups in total. The van der Waals surface area contributed by atoms with Crippen molar-refractivity contribution >= 4 is 0 Å². The second-order valence-corrected chi connectivity index (χ2v) is 5.96. The van der Waals surface area contributed by atoms with Crippen LogP contribution in [-0.2, 0) is 11.8 Å². The molecule has 0 aliphatic rings. The van der Waals surface area contributed by atoms with Crippen LogP contribution >= 0.6 is 0 Å². The van der Waals surface area contributed by atoms with Gasteiger partial charge in [0, 0.05) is 6.42 Å². The molecule has 0 atom stereocenters. The van der Waals surface area contributed by atoms with Gasteiger partial charge in [-0.1, -0.05) is 48.3 Å². The highest BCUT2D eigenvalue weighted by Crippen LogP contribution is 2.29. The van der Waals surface area contributed by atoms with Crippen LogP contribution in [0.3, 0.4) is 0 Å². The van der Waals surface area contributed by atoms with Crippen LogP contribution in [0.5, 0.6) is 0 Å². The lowest BCUT2D eigenvalue weighted by molar-refractivity contribution is 0.362. The van der Waals surface area contributed by atoms with E-state index in [0.29, 0.717) is 0 Å². The van der Waals surface area contributed by atoms with Crippen molar-refractivity contribution in [1.82, 2.24) is 10.1 Å². The molecule has 0 bridgehead atoms. The lowest BCUT2D eigenvalue weighted by Gasteiger charge is -2.20. The number of hydrogen-bond acceptors (Lipinski definition) is 4. The van der Waals surface area contributed by atoms with Crippen LogP contribution in [-0.4, -0.2) is 16.7 Å². The largest absolute Gasteiger partial charge is 0.339 e. The van der Waals surface area contributed by atoms with Crippen molar-refractivity contribution in [3.63, 3.8) is 0 Å². The summed E-state index contributed by atoms with van der Waals surface area (Å²) in [6.45, 7) is 5.02. The third-order valence-corrected chi connectivity index (χ3v) is 3.87. The van der Waals surface area contributed by atoms with Crippen molar-refractivity contribution < 1.29 is 4.52 Å². The lowest BCUT2D eigenvalue weighted by Crippen LogP contribution is -2.20. The zero-order valence-electron chi connectivity index (χ0n) is 13.0. The second-order valence-electron chi connectivity index (χ2n) is 5.96. The fourth-order valence-electron chi connectivity index (χ4n) is 2.37. The van der Waals surface area contributed by atoms with Crippen molar-refractivity contribution in [3.8, 4) is 0 Å². The number of rotatable bonds is 8. The summed E-state index contributed by atoms with van der Waals surface area (Å²) in [7, 11) is 0. The van der Waals surface area contributed by atoms with Crippen LogP contribution < -0.4 is 5.73 Å². The smallest absolute Gasteiger partial charge is 0.226 e. The molecule has 4 heteroatoms. The van der Waals surface area contributed by atoms with Crippen LogP contribution in [0.4, 0.5) is 0 Å². The average Bonchev–Trinajstić information content (AvgIpc) is 2.98. The summed E-state index contributed by atoms with van der Waals surface area (Å²) in [4.78, 5) is 4.57. The van der Waals surface area contributed by atoms with E-state index in [9.17, 15) is 0 Å². The molecule has 2 aromatic rings. The van der Waals surface area contributed by atoms with Gasteiger partial charge in [0.15, 0.2) is 5.82 Å². The molecule has 4 nitrogen and oxygen atoms in total. The van der Waals surface area contributed by atoms with Gasteiger partial charge in [-0.05, 0) is 38.8 Å².